The lowest BCUT2D eigenvalue weighted by Gasteiger charge is -2.32. The van der Waals surface area contributed by atoms with Gasteiger partial charge in [-0.1, -0.05) is 13.3 Å². The number of piperidine rings is 1. The molecule has 1 aromatic carbocycles. The zero-order valence-corrected chi connectivity index (χ0v) is 18.4. The van der Waals surface area contributed by atoms with E-state index in [4.69, 9.17) is 9.47 Å². The Labute approximate surface area is 174 Å². The number of likely N-dealkylation sites (tertiary alicyclic amines) is 1. The molecular formula is C20H33N3O5S. The minimum Gasteiger partial charge on any atom is -0.493 e. The fourth-order valence-corrected chi connectivity index (χ4v) is 4.40. The molecule has 1 aliphatic heterocycles. The molecule has 1 saturated heterocycles. The van der Waals surface area contributed by atoms with Gasteiger partial charge >= 0.3 is 0 Å². The molecule has 1 aliphatic rings. The number of carbonyl (C=O) groups excluding carboxylic acids is 1. The first kappa shape index (κ1) is 23.4. The number of hydrogen-bond donors (Lipinski definition) is 2. The van der Waals surface area contributed by atoms with Crippen LogP contribution in [0.5, 0.6) is 11.5 Å². The number of nitrogens with zero attached hydrogens (tertiary/aromatic N) is 1. The third-order valence-electron chi connectivity index (χ3n) is 5.09. The molecule has 0 bridgehead atoms. The van der Waals surface area contributed by atoms with Gasteiger partial charge in [-0.3, -0.25) is 4.79 Å². The second-order valence-corrected chi connectivity index (χ2v) is 8.97. The molecule has 0 saturated carbocycles. The first-order valence-corrected chi connectivity index (χ1v) is 11.6. The lowest BCUT2D eigenvalue weighted by atomic mass is 10.0. The van der Waals surface area contributed by atoms with Crippen molar-refractivity contribution in [2.75, 3.05) is 40.4 Å². The highest BCUT2D eigenvalue weighted by atomic mass is 32.2. The van der Waals surface area contributed by atoms with Crippen molar-refractivity contribution in [2.24, 2.45) is 0 Å². The van der Waals surface area contributed by atoms with Gasteiger partial charge in [0, 0.05) is 38.2 Å². The van der Waals surface area contributed by atoms with Crippen LogP contribution in [0.15, 0.2) is 23.1 Å². The Bertz CT molecular complexity index is 761. The fourth-order valence-electron chi connectivity index (χ4n) is 3.35. The van der Waals surface area contributed by atoms with Crippen LogP contribution in [-0.4, -0.2) is 65.7 Å². The first-order valence-electron chi connectivity index (χ1n) is 10.1. The van der Waals surface area contributed by atoms with Crippen molar-refractivity contribution < 1.29 is 22.7 Å². The van der Waals surface area contributed by atoms with Crippen LogP contribution in [0.2, 0.25) is 0 Å². The third kappa shape index (κ3) is 7.17. The van der Waals surface area contributed by atoms with Gasteiger partial charge in [-0.2, -0.15) is 0 Å². The van der Waals surface area contributed by atoms with E-state index in [0.717, 1.165) is 32.5 Å². The molecule has 29 heavy (non-hydrogen) atoms. The van der Waals surface area contributed by atoms with E-state index in [1.807, 2.05) is 0 Å². The van der Waals surface area contributed by atoms with Gasteiger partial charge in [0.25, 0.3) is 0 Å². The molecule has 2 N–H and O–H groups in total. The van der Waals surface area contributed by atoms with Gasteiger partial charge in [-0.25, -0.2) is 13.1 Å². The summed E-state index contributed by atoms with van der Waals surface area (Å²) in [5, 5.41) is 3.02. The van der Waals surface area contributed by atoms with Crippen LogP contribution in [0.3, 0.4) is 0 Å². The Balaban J connectivity index is 1.77. The van der Waals surface area contributed by atoms with Crippen molar-refractivity contribution in [3.05, 3.63) is 18.2 Å². The quantitative estimate of drug-likeness (QED) is 0.559. The second-order valence-electron chi connectivity index (χ2n) is 7.20. The lowest BCUT2D eigenvalue weighted by molar-refractivity contribution is -0.121. The highest BCUT2D eigenvalue weighted by Crippen LogP contribution is 2.29. The molecule has 0 radical (unpaired) electrons. The van der Waals surface area contributed by atoms with E-state index in [9.17, 15) is 13.2 Å². The summed E-state index contributed by atoms with van der Waals surface area (Å²) in [5.74, 6) is 0.650. The van der Waals surface area contributed by atoms with Crippen LogP contribution in [0.25, 0.3) is 0 Å². The molecule has 0 unspecified atom stereocenters. The Morgan fingerprint density at radius 1 is 1.17 bits per heavy atom. The van der Waals surface area contributed by atoms with E-state index in [1.165, 1.54) is 45.3 Å². The molecule has 164 valence electrons. The molecule has 8 nitrogen and oxygen atoms in total. The summed E-state index contributed by atoms with van der Waals surface area (Å²) in [6.07, 6.45) is 4.37. The van der Waals surface area contributed by atoms with E-state index in [-0.39, 0.29) is 29.8 Å². The van der Waals surface area contributed by atoms with E-state index in [0.29, 0.717) is 11.5 Å². The zero-order valence-electron chi connectivity index (χ0n) is 17.6. The standard InChI is InChI=1S/C20H33N3O5S/c1-4-5-12-23-13-9-16(10-14-23)22-20(24)8-11-21-29(25,26)17-6-7-18(27-2)19(15-17)28-3/h6-7,15-16,21H,4-5,8-14H2,1-3H3,(H,22,24). The Morgan fingerprint density at radius 3 is 2.48 bits per heavy atom. The molecule has 1 aromatic rings. The molecule has 9 heteroatoms. The van der Waals surface area contributed by atoms with Crippen LogP contribution in [0.1, 0.15) is 39.0 Å². The molecule has 0 aliphatic carbocycles. The SMILES string of the molecule is CCCCN1CCC(NC(=O)CCNS(=O)(=O)c2ccc(OC)c(OC)c2)CC1. The van der Waals surface area contributed by atoms with Crippen LogP contribution in [-0.2, 0) is 14.8 Å². The summed E-state index contributed by atoms with van der Waals surface area (Å²) in [4.78, 5) is 14.7. The van der Waals surface area contributed by atoms with Crippen molar-refractivity contribution in [3.63, 3.8) is 0 Å². The number of amides is 1. The van der Waals surface area contributed by atoms with Crippen molar-refractivity contribution in [1.29, 1.82) is 0 Å². The Hall–Kier alpha value is -1.84. The molecule has 0 spiro atoms. The molecule has 0 atom stereocenters. The molecule has 0 aromatic heterocycles. The minimum atomic E-state index is -3.74. The maximum Gasteiger partial charge on any atom is 0.240 e. The van der Waals surface area contributed by atoms with Gasteiger partial charge in [0.05, 0.1) is 19.1 Å². The summed E-state index contributed by atoms with van der Waals surface area (Å²) >= 11 is 0. The number of unbranched alkanes of at least 4 members (excludes halogenated alkanes) is 1. The molecule has 2 rings (SSSR count). The zero-order chi connectivity index (χ0) is 21.3. The summed E-state index contributed by atoms with van der Waals surface area (Å²) in [6.45, 7) is 5.34. The molecule has 1 amide bonds. The van der Waals surface area contributed by atoms with Gasteiger partial charge in [0.2, 0.25) is 15.9 Å². The van der Waals surface area contributed by atoms with Crippen LogP contribution in [0, 0.1) is 0 Å². The summed E-state index contributed by atoms with van der Waals surface area (Å²) < 4.78 is 37.6. The van der Waals surface area contributed by atoms with Gasteiger partial charge in [-0.05, 0) is 37.9 Å². The number of sulfonamides is 1. The fraction of sp³-hybridized carbons (Fsp3) is 0.650. The minimum absolute atomic E-state index is 0.0395. The first-order chi connectivity index (χ1) is 13.9. The predicted octanol–water partition coefficient (Wildman–Crippen LogP) is 1.75. The molecule has 1 fully saturated rings. The van der Waals surface area contributed by atoms with E-state index < -0.39 is 10.0 Å². The van der Waals surface area contributed by atoms with E-state index in [1.54, 1.807) is 0 Å². The largest absolute Gasteiger partial charge is 0.493 e. The third-order valence-corrected chi connectivity index (χ3v) is 6.55. The smallest absolute Gasteiger partial charge is 0.240 e. The second kappa shape index (κ2) is 11.4. The van der Waals surface area contributed by atoms with Crippen LogP contribution >= 0.6 is 0 Å². The highest BCUT2D eigenvalue weighted by molar-refractivity contribution is 7.89. The van der Waals surface area contributed by atoms with Crippen molar-refractivity contribution in [3.8, 4) is 11.5 Å². The number of benzene rings is 1. The number of hydrogen-bond acceptors (Lipinski definition) is 6. The van der Waals surface area contributed by atoms with E-state index >= 15 is 0 Å². The normalized spacial score (nSPS) is 15.8. The average Bonchev–Trinajstić information content (AvgIpc) is 2.72. The maximum absolute atomic E-state index is 12.4. The summed E-state index contributed by atoms with van der Waals surface area (Å²) in [5.41, 5.74) is 0. The van der Waals surface area contributed by atoms with Gasteiger partial charge in [0.1, 0.15) is 0 Å². The molecular weight excluding hydrogens is 394 g/mol. The van der Waals surface area contributed by atoms with Crippen LogP contribution in [0.4, 0.5) is 0 Å². The molecule has 1 heterocycles. The number of nitrogens with one attached hydrogen (secondary N) is 2. The van der Waals surface area contributed by atoms with Gasteiger partial charge in [0.15, 0.2) is 11.5 Å². The topological polar surface area (TPSA) is 97.0 Å². The monoisotopic (exact) mass is 427 g/mol. The van der Waals surface area contributed by atoms with Crippen molar-refractivity contribution >= 4 is 15.9 Å². The van der Waals surface area contributed by atoms with Crippen molar-refractivity contribution in [2.45, 2.75) is 50.0 Å². The number of carbonyl (C=O) groups is 1. The number of rotatable bonds is 11. The summed E-state index contributed by atoms with van der Waals surface area (Å²) in [6, 6.07) is 4.54. The number of methoxy groups -OCH3 is 2. The van der Waals surface area contributed by atoms with Gasteiger partial charge < -0.3 is 19.7 Å². The van der Waals surface area contributed by atoms with Crippen LogP contribution < -0.4 is 19.5 Å². The summed E-state index contributed by atoms with van der Waals surface area (Å²) in [7, 11) is -0.806. The Morgan fingerprint density at radius 2 is 1.86 bits per heavy atom. The lowest BCUT2D eigenvalue weighted by Crippen LogP contribution is -2.45. The average molecular weight is 428 g/mol. The van der Waals surface area contributed by atoms with E-state index in [2.05, 4.69) is 21.9 Å². The van der Waals surface area contributed by atoms with Gasteiger partial charge in [-0.15, -0.1) is 0 Å². The van der Waals surface area contributed by atoms with Crippen molar-refractivity contribution in [1.82, 2.24) is 14.9 Å². The maximum atomic E-state index is 12.4. The Kier molecular flexibility index (Phi) is 9.19. The number of ether oxygens (including phenoxy) is 2. The highest BCUT2D eigenvalue weighted by Gasteiger charge is 2.21. The predicted molar refractivity (Wildman–Crippen MR) is 112 cm³/mol.